The van der Waals surface area contributed by atoms with Gasteiger partial charge in [-0.2, -0.15) is 0 Å². The maximum Gasteiger partial charge on any atom is 0.235 e. The van der Waals surface area contributed by atoms with Gasteiger partial charge in [-0.05, 0) is 55.7 Å². The molecule has 0 amide bonds. The van der Waals surface area contributed by atoms with Gasteiger partial charge >= 0.3 is 0 Å². The van der Waals surface area contributed by atoms with Crippen molar-refractivity contribution in [3.05, 3.63) is 76.2 Å². The highest BCUT2D eigenvalue weighted by Gasteiger charge is 2.12. The Kier molecular flexibility index (Phi) is 4.61. The SMILES string of the molecule is C=CCOc1ccc2c(=O)c(Oc3cc(C)cc(C)c3C)coc2c1. The first-order chi connectivity index (χ1) is 12.0. The first-order valence-electron chi connectivity index (χ1n) is 8.04. The normalized spacial score (nSPS) is 10.7. The number of benzene rings is 2. The Labute approximate surface area is 146 Å². The van der Waals surface area contributed by atoms with Crippen molar-refractivity contribution in [2.75, 3.05) is 6.61 Å². The summed E-state index contributed by atoms with van der Waals surface area (Å²) in [7, 11) is 0. The lowest BCUT2D eigenvalue weighted by molar-refractivity contribution is 0.363. The van der Waals surface area contributed by atoms with Gasteiger partial charge < -0.3 is 13.9 Å². The van der Waals surface area contributed by atoms with E-state index in [2.05, 4.69) is 12.6 Å². The number of rotatable bonds is 5. The molecule has 0 aliphatic rings. The molecule has 0 atom stereocenters. The predicted octanol–water partition coefficient (Wildman–Crippen LogP) is 5.08. The first-order valence-corrected chi connectivity index (χ1v) is 8.04. The monoisotopic (exact) mass is 336 g/mol. The molecule has 4 nitrogen and oxygen atoms in total. The quantitative estimate of drug-likeness (QED) is 0.610. The standard InChI is InChI=1S/C21H20O4/c1-5-8-23-16-6-7-17-19(11-16)24-12-20(21(17)22)25-18-10-13(2)9-14(3)15(18)4/h5-7,9-12H,1,8H2,2-4H3. The fraction of sp³-hybridized carbons (Fsp3) is 0.190. The van der Waals surface area contributed by atoms with Crippen LogP contribution in [0.4, 0.5) is 0 Å². The van der Waals surface area contributed by atoms with Crippen LogP contribution in [0.1, 0.15) is 16.7 Å². The number of fused-ring (bicyclic) bond motifs is 1. The van der Waals surface area contributed by atoms with Crippen LogP contribution in [0, 0.1) is 20.8 Å². The number of hydrogen-bond acceptors (Lipinski definition) is 4. The van der Waals surface area contributed by atoms with E-state index in [1.54, 1.807) is 24.3 Å². The zero-order chi connectivity index (χ0) is 18.0. The molecular weight excluding hydrogens is 316 g/mol. The lowest BCUT2D eigenvalue weighted by Crippen LogP contribution is -2.06. The van der Waals surface area contributed by atoms with Gasteiger partial charge in [0.25, 0.3) is 0 Å². The van der Waals surface area contributed by atoms with Crippen LogP contribution in [0.25, 0.3) is 11.0 Å². The zero-order valence-electron chi connectivity index (χ0n) is 14.6. The van der Waals surface area contributed by atoms with Gasteiger partial charge in [0.05, 0.1) is 5.39 Å². The molecule has 0 unspecified atom stereocenters. The topological polar surface area (TPSA) is 48.7 Å². The molecule has 1 heterocycles. The van der Waals surface area contributed by atoms with Crippen molar-refractivity contribution >= 4 is 11.0 Å². The van der Waals surface area contributed by atoms with Gasteiger partial charge in [0, 0.05) is 6.07 Å². The average molecular weight is 336 g/mol. The van der Waals surface area contributed by atoms with Crippen LogP contribution in [0.15, 0.2) is 58.5 Å². The molecule has 0 radical (unpaired) electrons. The Morgan fingerprint density at radius 3 is 2.68 bits per heavy atom. The third-order valence-electron chi connectivity index (χ3n) is 4.07. The van der Waals surface area contributed by atoms with E-state index < -0.39 is 0 Å². The number of hydrogen-bond donors (Lipinski definition) is 0. The second kappa shape index (κ2) is 6.85. The van der Waals surface area contributed by atoms with Crippen molar-refractivity contribution in [3.8, 4) is 17.2 Å². The average Bonchev–Trinajstić information content (AvgIpc) is 2.59. The minimum Gasteiger partial charge on any atom is -0.489 e. The highest BCUT2D eigenvalue weighted by atomic mass is 16.5. The maximum atomic E-state index is 12.7. The number of aryl methyl sites for hydroxylation is 2. The van der Waals surface area contributed by atoms with Crippen molar-refractivity contribution in [1.29, 1.82) is 0 Å². The van der Waals surface area contributed by atoms with E-state index in [0.29, 0.717) is 29.1 Å². The molecule has 1 aromatic heterocycles. The van der Waals surface area contributed by atoms with Crippen LogP contribution in [0.5, 0.6) is 17.2 Å². The van der Waals surface area contributed by atoms with Crippen LogP contribution in [0.2, 0.25) is 0 Å². The third-order valence-corrected chi connectivity index (χ3v) is 4.07. The molecule has 2 aromatic carbocycles. The smallest absolute Gasteiger partial charge is 0.235 e. The van der Waals surface area contributed by atoms with Crippen molar-refractivity contribution in [3.63, 3.8) is 0 Å². The summed E-state index contributed by atoms with van der Waals surface area (Å²) in [6.07, 6.45) is 3.00. The fourth-order valence-electron chi connectivity index (χ4n) is 2.63. The fourth-order valence-corrected chi connectivity index (χ4v) is 2.63. The summed E-state index contributed by atoms with van der Waals surface area (Å²) in [5, 5.41) is 0.450. The second-order valence-electron chi connectivity index (χ2n) is 5.99. The van der Waals surface area contributed by atoms with Gasteiger partial charge in [-0.1, -0.05) is 18.7 Å². The van der Waals surface area contributed by atoms with Crippen LogP contribution >= 0.6 is 0 Å². The molecule has 0 aliphatic carbocycles. The third kappa shape index (κ3) is 3.43. The molecule has 25 heavy (non-hydrogen) atoms. The molecule has 0 saturated heterocycles. The summed E-state index contributed by atoms with van der Waals surface area (Å²) in [6.45, 7) is 9.98. The van der Waals surface area contributed by atoms with E-state index in [1.807, 2.05) is 26.8 Å². The molecule has 3 rings (SSSR count). The molecule has 0 bridgehead atoms. The van der Waals surface area contributed by atoms with E-state index in [9.17, 15) is 4.79 Å². The van der Waals surface area contributed by atoms with Crippen molar-refractivity contribution in [1.82, 2.24) is 0 Å². The van der Waals surface area contributed by atoms with Gasteiger partial charge in [0.1, 0.15) is 30.0 Å². The van der Waals surface area contributed by atoms with Crippen molar-refractivity contribution in [2.45, 2.75) is 20.8 Å². The largest absolute Gasteiger partial charge is 0.489 e. The lowest BCUT2D eigenvalue weighted by Gasteiger charge is -2.12. The minimum atomic E-state index is -0.213. The summed E-state index contributed by atoms with van der Waals surface area (Å²) in [6, 6.07) is 9.09. The van der Waals surface area contributed by atoms with Crippen molar-refractivity contribution < 1.29 is 13.9 Å². The maximum absolute atomic E-state index is 12.7. The zero-order valence-corrected chi connectivity index (χ0v) is 14.6. The summed E-state index contributed by atoms with van der Waals surface area (Å²) >= 11 is 0. The second-order valence-corrected chi connectivity index (χ2v) is 5.99. The molecule has 0 aliphatic heterocycles. The Morgan fingerprint density at radius 2 is 1.92 bits per heavy atom. The molecule has 0 fully saturated rings. The molecule has 3 aromatic rings. The summed E-state index contributed by atoms with van der Waals surface area (Å²) < 4.78 is 16.9. The van der Waals surface area contributed by atoms with Gasteiger partial charge in [0.15, 0.2) is 0 Å². The highest BCUT2D eigenvalue weighted by Crippen LogP contribution is 2.28. The first kappa shape index (κ1) is 16.8. The number of ether oxygens (including phenoxy) is 2. The minimum absolute atomic E-state index is 0.167. The van der Waals surface area contributed by atoms with Gasteiger partial charge in [-0.3, -0.25) is 4.79 Å². The van der Waals surface area contributed by atoms with Crippen LogP contribution in [0.3, 0.4) is 0 Å². The summed E-state index contributed by atoms with van der Waals surface area (Å²) in [5.41, 5.74) is 3.43. The Bertz CT molecular complexity index is 999. The van der Waals surface area contributed by atoms with Crippen molar-refractivity contribution in [2.24, 2.45) is 0 Å². The molecule has 4 heteroatoms. The van der Waals surface area contributed by atoms with E-state index in [-0.39, 0.29) is 11.2 Å². The molecule has 0 spiro atoms. The van der Waals surface area contributed by atoms with Gasteiger partial charge in [0.2, 0.25) is 11.2 Å². The van der Waals surface area contributed by atoms with Crippen LogP contribution < -0.4 is 14.9 Å². The Morgan fingerprint density at radius 1 is 1.12 bits per heavy atom. The predicted molar refractivity (Wildman–Crippen MR) is 98.9 cm³/mol. The summed E-state index contributed by atoms with van der Waals surface area (Å²) in [4.78, 5) is 12.7. The molecule has 0 saturated carbocycles. The highest BCUT2D eigenvalue weighted by molar-refractivity contribution is 5.79. The van der Waals surface area contributed by atoms with Crippen LogP contribution in [-0.2, 0) is 0 Å². The Hall–Kier alpha value is -3.01. The van der Waals surface area contributed by atoms with Crippen LogP contribution in [-0.4, -0.2) is 6.61 Å². The molecule has 0 N–H and O–H groups in total. The van der Waals surface area contributed by atoms with Gasteiger partial charge in [-0.25, -0.2) is 0 Å². The molecular formula is C21H20O4. The lowest BCUT2D eigenvalue weighted by atomic mass is 10.1. The van der Waals surface area contributed by atoms with E-state index in [4.69, 9.17) is 13.9 Å². The van der Waals surface area contributed by atoms with E-state index >= 15 is 0 Å². The summed E-state index contributed by atoms with van der Waals surface area (Å²) in [5.74, 6) is 1.45. The van der Waals surface area contributed by atoms with E-state index in [1.165, 1.54) is 6.26 Å². The van der Waals surface area contributed by atoms with E-state index in [0.717, 1.165) is 16.7 Å². The molecule has 128 valence electrons. The van der Waals surface area contributed by atoms with Gasteiger partial charge in [-0.15, -0.1) is 0 Å². The Balaban J connectivity index is 2.00.